The van der Waals surface area contributed by atoms with Gasteiger partial charge < -0.3 is 14.0 Å². The molecule has 0 unspecified atom stereocenters. The molecule has 0 spiro atoms. The van der Waals surface area contributed by atoms with Crippen molar-refractivity contribution in [3.05, 3.63) is 53.9 Å². The third kappa shape index (κ3) is 4.53. The maximum atomic E-state index is 6.12. The molecule has 0 saturated carbocycles. The molecule has 1 aromatic carbocycles. The Bertz CT molecular complexity index is 897. The Hall–Kier alpha value is -2.11. The van der Waals surface area contributed by atoms with Gasteiger partial charge in [-0.3, -0.25) is 0 Å². The lowest BCUT2D eigenvalue weighted by atomic mass is 10.1. The van der Waals surface area contributed by atoms with Gasteiger partial charge in [0.15, 0.2) is 0 Å². The minimum atomic E-state index is -1.06. The van der Waals surface area contributed by atoms with Crippen LogP contribution in [0.15, 0.2) is 42.7 Å². The smallest absolute Gasteiger partial charge is 0.145 e. The van der Waals surface area contributed by atoms with Crippen LogP contribution in [0.5, 0.6) is 11.5 Å². The van der Waals surface area contributed by atoms with Gasteiger partial charge in [-0.05, 0) is 55.3 Å². The molecule has 5 heteroatoms. The number of aromatic nitrogens is 2. The second-order valence-corrected chi connectivity index (χ2v) is 13.6. The topological polar surface area (TPSA) is 36.3 Å². The first-order valence-corrected chi connectivity index (χ1v) is 12.8. The van der Waals surface area contributed by atoms with Crippen LogP contribution in [0.25, 0.3) is 11.0 Å². The van der Waals surface area contributed by atoms with Crippen molar-refractivity contribution in [2.24, 2.45) is 0 Å². The van der Waals surface area contributed by atoms with Gasteiger partial charge in [0.05, 0.1) is 5.39 Å². The zero-order chi connectivity index (χ0) is 18.7. The fraction of sp³-hybridized carbons (Fsp3) is 0.381. The Morgan fingerprint density at radius 3 is 2.58 bits per heavy atom. The molecule has 2 aromatic heterocycles. The molecule has 0 atom stereocenters. The van der Waals surface area contributed by atoms with Gasteiger partial charge in [-0.2, -0.15) is 0 Å². The van der Waals surface area contributed by atoms with E-state index in [0.717, 1.165) is 29.1 Å². The molecule has 138 valence electrons. The predicted octanol–water partition coefficient (Wildman–Crippen LogP) is 5.76. The number of nitrogens with zero attached hydrogens (tertiary/aromatic N) is 2. The molecule has 0 aliphatic heterocycles. The van der Waals surface area contributed by atoms with Gasteiger partial charge in [-0.1, -0.05) is 25.7 Å². The third-order valence-corrected chi connectivity index (χ3v) is 6.26. The van der Waals surface area contributed by atoms with Crippen LogP contribution in [0.2, 0.25) is 25.7 Å². The number of rotatable bonds is 7. The van der Waals surface area contributed by atoms with Gasteiger partial charge in [-0.15, -0.1) is 0 Å². The number of ether oxygens (including phenoxy) is 2. The molecule has 0 aliphatic carbocycles. The maximum absolute atomic E-state index is 6.12. The molecule has 0 saturated heterocycles. The number of aryl methyl sites for hydroxylation is 2. The molecular formula is C21H28N2O2Si. The highest BCUT2D eigenvalue weighted by Crippen LogP contribution is 2.30. The number of benzene rings is 1. The number of hydrogen-bond acceptors (Lipinski definition) is 3. The minimum absolute atomic E-state index is 0.522. The maximum Gasteiger partial charge on any atom is 0.145 e. The monoisotopic (exact) mass is 368 g/mol. The van der Waals surface area contributed by atoms with E-state index in [2.05, 4.69) is 50.6 Å². The van der Waals surface area contributed by atoms with Crippen LogP contribution < -0.4 is 4.74 Å². The lowest BCUT2D eigenvalue weighted by molar-refractivity contribution is 0.0899. The summed E-state index contributed by atoms with van der Waals surface area (Å²) in [5, 5.41) is 1.000. The van der Waals surface area contributed by atoms with E-state index in [1.807, 2.05) is 29.0 Å². The van der Waals surface area contributed by atoms with E-state index in [9.17, 15) is 0 Å². The van der Waals surface area contributed by atoms with E-state index in [1.54, 1.807) is 6.20 Å². The summed E-state index contributed by atoms with van der Waals surface area (Å²) in [6.45, 7) is 12.6. The SMILES string of the molecule is Cc1ccc(Oc2ccnc3c2ccn3COCC[Si](C)(C)C)cc1C. The summed E-state index contributed by atoms with van der Waals surface area (Å²) in [6, 6.07) is 11.3. The van der Waals surface area contributed by atoms with Crippen LogP contribution in [-0.2, 0) is 11.5 Å². The van der Waals surface area contributed by atoms with Gasteiger partial charge in [-0.25, -0.2) is 4.98 Å². The molecule has 4 nitrogen and oxygen atoms in total. The quantitative estimate of drug-likeness (QED) is 0.393. The van der Waals surface area contributed by atoms with E-state index in [4.69, 9.17) is 9.47 Å². The summed E-state index contributed by atoms with van der Waals surface area (Å²) < 4.78 is 14.0. The fourth-order valence-electron chi connectivity index (χ4n) is 2.70. The molecule has 0 fully saturated rings. The predicted molar refractivity (Wildman–Crippen MR) is 110 cm³/mol. The second-order valence-electron chi connectivity index (χ2n) is 8.03. The number of fused-ring (bicyclic) bond motifs is 1. The molecule has 2 heterocycles. The highest BCUT2D eigenvalue weighted by Gasteiger charge is 2.13. The Kier molecular flexibility index (Phi) is 5.49. The molecule has 0 aliphatic rings. The normalized spacial score (nSPS) is 11.9. The second kappa shape index (κ2) is 7.64. The highest BCUT2D eigenvalue weighted by atomic mass is 28.3. The first-order valence-electron chi connectivity index (χ1n) is 9.10. The molecule has 0 amide bonds. The standard InChI is InChI=1S/C21H28N2O2Si/c1-16-6-7-18(14-17(16)2)25-20-8-10-22-21-19(20)9-11-23(21)15-24-12-13-26(3,4)5/h6-11,14H,12-13,15H2,1-5H3. The lowest BCUT2D eigenvalue weighted by Gasteiger charge is -2.15. The summed E-state index contributed by atoms with van der Waals surface area (Å²) in [4.78, 5) is 4.51. The molecule has 3 rings (SSSR count). The average molecular weight is 369 g/mol. The van der Waals surface area contributed by atoms with Crippen LogP contribution in [0.3, 0.4) is 0 Å². The van der Waals surface area contributed by atoms with Crippen molar-refractivity contribution in [1.82, 2.24) is 9.55 Å². The van der Waals surface area contributed by atoms with Crippen LogP contribution in [0.1, 0.15) is 11.1 Å². The Balaban J connectivity index is 1.74. The third-order valence-electron chi connectivity index (χ3n) is 4.56. The largest absolute Gasteiger partial charge is 0.457 e. The fourth-order valence-corrected chi connectivity index (χ4v) is 3.46. The summed E-state index contributed by atoms with van der Waals surface area (Å²) in [5.74, 6) is 1.67. The van der Waals surface area contributed by atoms with Crippen molar-refractivity contribution < 1.29 is 9.47 Å². The zero-order valence-corrected chi connectivity index (χ0v) is 17.4. The minimum Gasteiger partial charge on any atom is -0.457 e. The highest BCUT2D eigenvalue weighted by molar-refractivity contribution is 6.76. The Morgan fingerprint density at radius 1 is 1.04 bits per heavy atom. The van der Waals surface area contributed by atoms with Crippen LogP contribution in [-0.4, -0.2) is 24.2 Å². The summed E-state index contributed by atoms with van der Waals surface area (Å²) >= 11 is 0. The van der Waals surface area contributed by atoms with Crippen LogP contribution in [0, 0.1) is 13.8 Å². The zero-order valence-electron chi connectivity index (χ0n) is 16.4. The first-order chi connectivity index (χ1) is 12.3. The van der Waals surface area contributed by atoms with Gasteiger partial charge in [0.2, 0.25) is 0 Å². The molecule has 3 aromatic rings. The van der Waals surface area contributed by atoms with Gasteiger partial charge in [0.1, 0.15) is 23.9 Å². The van der Waals surface area contributed by atoms with Gasteiger partial charge in [0, 0.05) is 27.1 Å². The molecular weight excluding hydrogens is 340 g/mol. The van der Waals surface area contributed by atoms with Crippen molar-refractivity contribution in [2.75, 3.05) is 6.61 Å². The van der Waals surface area contributed by atoms with E-state index in [0.29, 0.717) is 6.73 Å². The number of hydrogen-bond donors (Lipinski definition) is 0. The number of pyridine rings is 1. The van der Waals surface area contributed by atoms with Gasteiger partial charge in [0.25, 0.3) is 0 Å². The summed E-state index contributed by atoms with van der Waals surface area (Å²) in [5.41, 5.74) is 3.37. The molecule has 0 bridgehead atoms. The molecule has 0 N–H and O–H groups in total. The molecule has 26 heavy (non-hydrogen) atoms. The van der Waals surface area contributed by atoms with Crippen molar-refractivity contribution in [3.63, 3.8) is 0 Å². The van der Waals surface area contributed by atoms with E-state index in [-0.39, 0.29) is 0 Å². The van der Waals surface area contributed by atoms with Crippen molar-refractivity contribution in [3.8, 4) is 11.5 Å². The Morgan fingerprint density at radius 2 is 1.85 bits per heavy atom. The van der Waals surface area contributed by atoms with Crippen molar-refractivity contribution >= 4 is 19.1 Å². The lowest BCUT2D eigenvalue weighted by Crippen LogP contribution is -2.22. The van der Waals surface area contributed by atoms with Crippen molar-refractivity contribution in [1.29, 1.82) is 0 Å². The van der Waals surface area contributed by atoms with E-state index < -0.39 is 8.07 Å². The van der Waals surface area contributed by atoms with Crippen LogP contribution >= 0.6 is 0 Å². The first kappa shape index (κ1) is 18.7. The average Bonchev–Trinajstić information content (AvgIpc) is 2.98. The van der Waals surface area contributed by atoms with E-state index >= 15 is 0 Å². The van der Waals surface area contributed by atoms with E-state index in [1.165, 1.54) is 17.2 Å². The van der Waals surface area contributed by atoms with Gasteiger partial charge >= 0.3 is 0 Å². The molecule has 0 radical (unpaired) electrons. The summed E-state index contributed by atoms with van der Waals surface area (Å²) in [7, 11) is -1.06. The summed E-state index contributed by atoms with van der Waals surface area (Å²) in [6.07, 6.45) is 3.80. The Labute approximate surface area is 156 Å². The van der Waals surface area contributed by atoms with Crippen LogP contribution in [0.4, 0.5) is 0 Å². The van der Waals surface area contributed by atoms with Crippen molar-refractivity contribution in [2.45, 2.75) is 46.3 Å².